The lowest BCUT2D eigenvalue weighted by Crippen LogP contribution is -2.44. The summed E-state index contributed by atoms with van der Waals surface area (Å²) in [5.74, 6) is 0.295. The number of halogens is 1. The summed E-state index contributed by atoms with van der Waals surface area (Å²) in [6, 6.07) is 20.5. The molecule has 1 aliphatic rings. The maximum atomic E-state index is 12.9. The minimum atomic E-state index is -0.565. The molecule has 3 aromatic carbocycles. The molecular formula is C24H21BrN2O3. The fourth-order valence-electron chi connectivity index (χ4n) is 3.41. The zero-order valence-electron chi connectivity index (χ0n) is 16.7. The van der Waals surface area contributed by atoms with Gasteiger partial charge in [0.25, 0.3) is 11.8 Å². The molecule has 3 aromatic rings. The van der Waals surface area contributed by atoms with Crippen molar-refractivity contribution in [3.05, 3.63) is 87.9 Å². The topological polar surface area (TPSA) is 58.6 Å². The van der Waals surface area contributed by atoms with E-state index in [9.17, 15) is 9.59 Å². The van der Waals surface area contributed by atoms with Gasteiger partial charge in [-0.05, 0) is 67.4 Å². The third kappa shape index (κ3) is 4.09. The van der Waals surface area contributed by atoms with Crippen molar-refractivity contribution in [1.29, 1.82) is 0 Å². The number of amides is 2. The zero-order chi connectivity index (χ0) is 21.3. The van der Waals surface area contributed by atoms with Crippen LogP contribution in [-0.4, -0.2) is 17.9 Å². The van der Waals surface area contributed by atoms with Gasteiger partial charge in [0.1, 0.15) is 5.75 Å². The zero-order valence-corrected chi connectivity index (χ0v) is 18.3. The molecule has 0 aliphatic carbocycles. The number of anilines is 2. The van der Waals surface area contributed by atoms with Crippen LogP contribution in [0.15, 0.2) is 71.2 Å². The lowest BCUT2D eigenvalue weighted by molar-refractivity contribution is -0.125. The Labute approximate surface area is 183 Å². The number of rotatable bonds is 4. The first-order valence-corrected chi connectivity index (χ1v) is 10.4. The summed E-state index contributed by atoms with van der Waals surface area (Å²) in [5.41, 5.74) is 3.98. The molecule has 0 saturated heterocycles. The van der Waals surface area contributed by atoms with Crippen LogP contribution in [0.3, 0.4) is 0 Å². The van der Waals surface area contributed by atoms with Gasteiger partial charge in [-0.1, -0.05) is 40.2 Å². The first-order chi connectivity index (χ1) is 14.4. The summed E-state index contributed by atoms with van der Waals surface area (Å²) in [6.07, 6.45) is -0.565. The van der Waals surface area contributed by atoms with E-state index in [0.29, 0.717) is 29.2 Å². The second-order valence-corrected chi connectivity index (χ2v) is 8.17. The smallest absolute Gasteiger partial charge is 0.268 e. The third-order valence-corrected chi connectivity index (χ3v) is 5.65. The molecule has 1 aliphatic heterocycles. The van der Waals surface area contributed by atoms with Crippen LogP contribution in [0.1, 0.15) is 28.4 Å². The molecule has 0 spiro atoms. The molecule has 1 unspecified atom stereocenters. The number of nitrogens with zero attached hydrogens (tertiary/aromatic N) is 1. The van der Waals surface area contributed by atoms with E-state index in [-0.39, 0.29) is 11.8 Å². The van der Waals surface area contributed by atoms with E-state index < -0.39 is 6.10 Å². The maximum Gasteiger partial charge on any atom is 0.268 e. The van der Waals surface area contributed by atoms with Crippen molar-refractivity contribution in [2.24, 2.45) is 0 Å². The highest BCUT2D eigenvalue weighted by atomic mass is 79.9. The Hall–Kier alpha value is -3.12. The summed E-state index contributed by atoms with van der Waals surface area (Å²) in [4.78, 5) is 27.2. The summed E-state index contributed by atoms with van der Waals surface area (Å²) in [7, 11) is 0. The quantitative estimate of drug-likeness (QED) is 0.567. The van der Waals surface area contributed by atoms with Crippen molar-refractivity contribution in [1.82, 2.24) is 0 Å². The van der Waals surface area contributed by atoms with Gasteiger partial charge in [0.05, 0.1) is 12.2 Å². The lowest BCUT2D eigenvalue weighted by Gasteiger charge is -2.33. The Morgan fingerprint density at radius 1 is 1.10 bits per heavy atom. The van der Waals surface area contributed by atoms with Crippen molar-refractivity contribution in [3.8, 4) is 5.75 Å². The summed E-state index contributed by atoms with van der Waals surface area (Å²) in [5, 5.41) is 2.90. The molecule has 0 bridgehead atoms. The largest absolute Gasteiger partial charge is 0.479 e. The van der Waals surface area contributed by atoms with Crippen LogP contribution >= 0.6 is 15.9 Å². The molecule has 5 nitrogen and oxygen atoms in total. The Kier molecular flexibility index (Phi) is 5.59. The summed E-state index contributed by atoms with van der Waals surface area (Å²) >= 11 is 3.37. The van der Waals surface area contributed by atoms with Gasteiger partial charge in [-0.25, -0.2) is 0 Å². The van der Waals surface area contributed by atoms with Gasteiger partial charge >= 0.3 is 0 Å². The number of carbonyl (C=O) groups excluding carboxylic acids is 2. The van der Waals surface area contributed by atoms with Crippen LogP contribution in [-0.2, 0) is 11.3 Å². The number of hydrogen-bond donors (Lipinski definition) is 1. The van der Waals surface area contributed by atoms with E-state index in [0.717, 1.165) is 15.6 Å². The van der Waals surface area contributed by atoms with Crippen molar-refractivity contribution >= 4 is 39.1 Å². The van der Waals surface area contributed by atoms with E-state index >= 15 is 0 Å². The van der Waals surface area contributed by atoms with Crippen LogP contribution in [0.2, 0.25) is 0 Å². The Balaban J connectivity index is 1.64. The third-order valence-electron chi connectivity index (χ3n) is 5.12. The predicted molar refractivity (Wildman–Crippen MR) is 121 cm³/mol. The number of fused-ring (bicyclic) bond motifs is 1. The summed E-state index contributed by atoms with van der Waals surface area (Å²) in [6.45, 7) is 4.22. The SMILES string of the molecule is Cc1ccccc1CN1C(=O)C(C)Oc2ccc(NC(=O)c3ccc(Br)cc3)cc21. The fourth-order valence-corrected chi connectivity index (χ4v) is 3.67. The molecule has 0 radical (unpaired) electrons. The van der Waals surface area contributed by atoms with Crippen molar-refractivity contribution < 1.29 is 14.3 Å². The highest BCUT2D eigenvalue weighted by Gasteiger charge is 2.32. The number of hydrogen-bond acceptors (Lipinski definition) is 3. The molecule has 2 amide bonds. The number of nitrogens with one attached hydrogen (secondary N) is 1. The van der Waals surface area contributed by atoms with Gasteiger partial charge in [-0.2, -0.15) is 0 Å². The van der Waals surface area contributed by atoms with Gasteiger partial charge in [-0.15, -0.1) is 0 Å². The van der Waals surface area contributed by atoms with Crippen molar-refractivity contribution in [2.75, 3.05) is 10.2 Å². The molecule has 152 valence electrons. The Bertz CT molecular complexity index is 1110. The van der Waals surface area contributed by atoms with Crippen LogP contribution < -0.4 is 15.0 Å². The molecule has 4 rings (SSSR count). The van der Waals surface area contributed by atoms with E-state index in [2.05, 4.69) is 21.2 Å². The van der Waals surface area contributed by atoms with Gasteiger partial charge < -0.3 is 15.0 Å². The van der Waals surface area contributed by atoms with E-state index in [1.165, 1.54) is 0 Å². The van der Waals surface area contributed by atoms with E-state index in [1.807, 2.05) is 43.3 Å². The predicted octanol–water partition coefficient (Wildman–Crippen LogP) is 5.32. The molecule has 0 aromatic heterocycles. The first-order valence-electron chi connectivity index (χ1n) is 9.66. The standard InChI is InChI=1S/C24H21BrN2O3/c1-15-5-3-4-6-18(15)14-27-21-13-20(11-12-22(21)30-16(2)24(27)29)26-23(28)17-7-9-19(25)10-8-17/h3-13,16H,14H2,1-2H3,(H,26,28). The minimum absolute atomic E-state index is 0.109. The van der Waals surface area contributed by atoms with Crippen LogP contribution in [0.5, 0.6) is 5.75 Å². The van der Waals surface area contributed by atoms with E-state index in [1.54, 1.807) is 42.2 Å². The normalized spacial score (nSPS) is 15.4. The average Bonchev–Trinajstić information content (AvgIpc) is 2.73. The number of carbonyl (C=O) groups is 2. The number of aryl methyl sites for hydroxylation is 1. The molecular weight excluding hydrogens is 444 g/mol. The molecule has 1 atom stereocenters. The van der Waals surface area contributed by atoms with Crippen LogP contribution in [0.4, 0.5) is 11.4 Å². The highest BCUT2D eigenvalue weighted by Crippen LogP contribution is 2.37. The number of ether oxygens (including phenoxy) is 1. The minimum Gasteiger partial charge on any atom is -0.479 e. The molecule has 30 heavy (non-hydrogen) atoms. The van der Waals surface area contributed by atoms with Crippen LogP contribution in [0.25, 0.3) is 0 Å². The van der Waals surface area contributed by atoms with Gasteiger partial charge in [-0.3, -0.25) is 9.59 Å². The lowest BCUT2D eigenvalue weighted by atomic mass is 10.1. The second kappa shape index (κ2) is 8.32. The van der Waals surface area contributed by atoms with Gasteiger partial charge in [0, 0.05) is 15.7 Å². The molecule has 1 N–H and O–H groups in total. The second-order valence-electron chi connectivity index (χ2n) is 7.25. The van der Waals surface area contributed by atoms with Gasteiger partial charge in [0.2, 0.25) is 0 Å². The van der Waals surface area contributed by atoms with Gasteiger partial charge in [0.15, 0.2) is 6.10 Å². The van der Waals surface area contributed by atoms with E-state index in [4.69, 9.17) is 4.74 Å². The Morgan fingerprint density at radius 2 is 1.83 bits per heavy atom. The molecule has 6 heteroatoms. The average molecular weight is 465 g/mol. The van der Waals surface area contributed by atoms with Crippen molar-refractivity contribution in [2.45, 2.75) is 26.5 Å². The maximum absolute atomic E-state index is 12.9. The summed E-state index contributed by atoms with van der Waals surface area (Å²) < 4.78 is 6.70. The molecule has 0 fully saturated rings. The number of benzene rings is 3. The first kappa shape index (κ1) is 20.2. The van der Waals surface area contributed by atoms with Crippen molar-refractivity contribution in [3.63, 3.8) is 0 Å². The van der Waals surface area contributed by atoms with Crippen LogP contribution in [0, 0.1) is 6.92 Å². The monoisotopic (exact) mass is 464 g/mol. The fraction of sp³-hybridized carbons (Fsp3) is 0.167. The molecule has 0 saturated carbocycles. The Morgan fingerprint density at radius 3 is 2.57 bits per heavy atom. The highest BCUT2D eigenvalue weighted by molar-refractivity contribution is 9.10. The molecule has 1 heterocycles.